The number of halogens is 1. The summed E-state index contributed by atoms with van der Waals surface area (Å²) >= 11 is 3.46. The minimum atomic E-state index is 0.0881. The standard InChI is InChI=1S/C16H18BrNO/c1-11(2)3-8-16(19)18-15-7-5-12-9-14(17)6-4-13(12)10-15/h4-7,9-11H,3,8H2,1-2H3,(H,18,19). The molecule has 1 amide bonds. The molecule has 0 fully saturated rings. The second kappa shape index (κ2) is 6.20. The number of amides is 1. The third-order valence-electron chi connectivity index (χ3n) is 3.03. The van der Waals surface area contributed by atoms with Crippen molar-refractivity contribution >= 4 is 38.3 Å². The quantitative estimate of drug-likeness (QED) is 0.846. The van der Waals surface area contributed by atoms with Gasteiger partial charge in [-0.15, -0.1) is 0 Å². The monoisotopic (exact) mass is 319 g/mol. The van der Waals surface area contributed by atoms with E-state index in [4.69, 9.17) is 0 Å². The van der Waals surface area contributed by atoms with Crippen LogP contribution in [0.15, 0.2) is 40.9 Å². The molecule has 0 saturated carbocycles. The van der Waals surface area contributed by atoms with Crippen molar-refractivity contribution in [1.82, 2.24) is 0 Å². The topological polar surface area (TPSA) is 29.1 Å². The Balaban J connectivity index is 2.09. The molecular formula is C16H18BrNO. The van der Waals surface area contributed by atoms with Gasteiger partial charge >= 0.3 is 0 Å². The molecule has 2 aromatic rings. The van der Waals surface area contributed by atoms with Gasteiger partial charge in [0.05, 0.1) is 0 Å². The van der Waals surface area contributed by atoms with Crippen molar-refractivity contribution in [3.05, 3.63) is 40.9 Å². The molecule has 2 rings (SSSR count). The maximum atomic E-state index is 11.8. The van der Waals surface area contributed by atoms with Gasteiger partial charge in [0, 0.05) is 16.6 Å². The van der Waals surface area contributed by atoms with Crippen LogP contribution >= 0.6 is 15.9 Å². The highest BCUT2D eigenvalue weighted by Crippen LogP contribution is 2.23. The molecule has 0 aromatic heterocycles. The zero-order chi connectivity index (χ0) is 13.8. The Morgan fingerprint density at radius 2 is 1.84 bits per heavy atom. The van der Waals surface area contributed by atoms with Crippen molar-refractivity contribution in [2.24, 2.45) is 5.92 Å². The molecule has 3 heteroatoms. The van der Waals surface area contributed by atoms with Crippen molar-refractivity contribution in [3.8, 4) is 0 Å². The molecule has 0 aliphatic heterocycles. The van der Waals surface area contributed by atoms with Gasteiger partial charge in [-0.3, -0.25) is 4.79 Å². The second-order valence-corrected chi connectivity index (χ2v) is 6.10. The first-order valence-electron chi connectivity index (χ1n) is 6.54. The maximum Gasteiger partial charge on any atom is 0.224 e. The van der Waals surface area contributed by atoms with Crippen LogP contribution in [0.5, 0.6) is 0 Å². The Morgan fingerprint density at radius 1 is 1.16 bits per heavy atom. The van der Waals surface area contributed by atoms with Crippen LogP contribution in [0.3, 0.4) is 0 Å². The van der Waals surface area contributed by atoms with Crippen molar-refractivity contribution in [1.29, 1.82) is 0 Å². The van der Waals surface area contributed by atoms with Gasteiger partial charge in [0.25, 0.3) is 0 Å². The minimum Gasteiger partial charge on any atom is -0.326 e. The van der Waals surface area contributed by atoms with Gasteiger partial charge in [-0.1, -0.05) is 41.9 Å². The predicted octanol–water partition coefficient (Wildman–Crippen LogP) is 4.98. The number of carbonyl (C=O) groups is 1. The zero-order valence-corrected chi connectivity index (χ0v) is 12.8. The number of hydrogen-bond donors (Lipinski definition) is 1. The smallest absolute Gasteiger partial charge is 0.224 e. The molecule has 0 spiro atoms. The van der Waals surface area contributed by atoms with Crippen molar-refractivity contribution in [3.63, 3.8) is 0 Å². The summed E-state index contributed by atoms with van der Waals surface area (Å²) in [6, 6.07) is 12.1. The Morgan fingerprint density at radius 3 is 2.58 bits per heavy atom. The summed E-state index contributed by atoms with van der Waals surface area (Å²) in [6.45, 7) is 4.25. The number of rotatable bonds is 4. The van der Waals surface area contributed by atoms with Crippen LogP contribution in [0.2, 0.25) is 0 Å². The predicted molar refractivity (Wildman–Crippen MR) is 84.3 cm³/mol. The van der Waals surface area contributed by atoms with Crippen LogP contribution in [0.25, 0.3) is 10.8 Å². The third-order valence-corrected chi connectivity index (χ3v) is 3.53. The molecule has 0 heterocycles. The van der Waals surface area contributed by atoms with Gasteiger partial charge in [-0.05, 0) is 47.4 Å². The van der Waals surface area contributed by atoms with Gasteiger partial charge in [-0.25, -0.2) is 0 Å². The number of fused-ring (bicyclic) bond motifs is 1. The fraction of sp³-hybridized carbons (Fsp3) is 0.312. The van der Waals surface area contributed by atoms with E-state index in [1.54, 1.807) is 0 Å². The number of hydrogen-bond acceptors (Lipinski definition) is 1. The van der Waals surface area contributed by atoms with Crippen LogP contribution in [-0.2, 0) is 4.79 Å². The molecule has 0 saturated heterocycles. The van der Waals surface area contributed by atoms with Crippen molar-refractivity contribution in [2.45, 2.75) is 26.7 Å². The SMILES string of the molecule is CC(C)CCC(=O)Nc1ccc2cc(Br)ccc2c1. The van der Waals surface area contributed by atoms with E-state index < -0.39 is 0 Å². The highest BCUT2D eigenvalue weighted by atomic mass is 79.9. The van der Waals surface area contributed by atoms with Crippen LogP contribution in [0.1, 0.15) is 26.7 Å². The first-order chi connectivity index (χ1) is 9.04. The van der Waals surface area contributed by atoms with E-state index in [1.807, 2.05) is 30.3 Å². The lowest BCUT2D eigenvalue weighted by atomic mass is 10.1. The summed E-state index contributed by atoms with van der Waals surface area (Å²) in [4.78, 5) is 11.8. The van der Waals surface area contributed by atoms with Crippen LogP contribution in [-0.4, -0.2) is 5.91 Å². The summed E-state index contributed by atoms with van der Waals surface area (Å²) in [5.41, 5.74) is 0.864. The van der Waals surface area contributed by atoms with Gasteiger partial charge in [-0.2, -0.15) is 0 Å². The maximum absolute atomic E-state index is 11.8. The molecule has 100 valence electrons. The molecule has 0 aliphatic carbocycles. The minimum absolute atomic E-state index is 0.0881. The Kier molecular flexibility index (Phi) is 4.59. The molecule has 2 aromatic carbocycles. The van der Waals surface area contributed by atoms with Crippen LogP contribution < -0.4 is 5.32 Å². The van der Waals surface area contributed by atoms with Crippen LogP contribution in [0.4, 0.5) is 5.69 Å². The van der Waals surface area contributed by atoms with E-state index in [9.17, 15) is 4.79 Å². The lowest BCUT2D eigenvalue weighted by Crippen LogP contribution is -2.12. The van der Waals surface area contributed by atoms with Gasteiger partial charge in [0.1, 0.15) is 0 Å². The average molecular weight is 320 g/mol. The number of carbonyl (C=O) groups excluding carboxylic acids is 1. The van der Waals surface area contributed by atoms with E-state index in [2.05, 4.69) is 41.2 Å². The van der Waals surface area contributed by atoms with Gasteiger partial charge < -0.3 is 5.32 Å². The summed E-state index contributed by atoms with van der Waals surface area (Å²) in [5.74, 6) is 0.643. The van der Waals surface area contributed by atoms with E-state index in [0.29, 0.717) is 12.3 Å². The van der Waals surface area contributed by atoms with Crippen LogP contribution in [0, 0.1) is 5.92 Å². The van der Waals surface area contributed by atoms with Crippen molar-refractivity contribution < 1.29 is 4.79 Å². The molecular weight excluding hydrogens is 302 g/mol. The third kappa shape index (κ3) is 4.06. The highest BCUT2D eigenvalue weighted by Gasteiger charge is 2.04. The first-order valence-corrected chi connectivity index (χ1v) is 7.33. The van der Waals surface area contributed by atoms with Gasteiger partial charge in [0.15, 0.2) is 0 Å². The molecule has 0 aliphatic rings. The fourth-order valence-electron chi connectivity index (χ4n) is 1.94. The summed E-state index contributed by atoms with van der Waals surface area (Å²) in [6.07, 6.45) is 1.50. The Bertz CT molecular complexity index is 592. The van der Waals surface area contributed by atoms with E-state index >= 15 is 0 Å². The lowest BCUT2D eigenvalue weighted by molar-refractivity contribution is -0.116. The molecule has 0 atom stereocenters. The summed E-state index contributed by atoms with van der Waals surface area (Å²) < 4.78 is 1.06. The molecule has 1 N–H and O–H groups in total. The van der Waals surface area contributed by atoms with Crippen molar-refractivity contribution in [2.75, 3.05) is 5.32 Å². The Hall–Kier alpha value is -1.35. The number of anilines is 1. The van der Waals surface area contributed by atoms with E-state index in [-0.39, 0.29) is 5.91 Å². The molecule has 19 heavy (non-hydrogen) atoms. The molecule has 2 nitrogen and oxygen atoms in total. The number of nitrogens with one attached hydrogen (secondary N) is 1. The summed E-state index contributed by atoms with van der Waals surface area (Å²) in [5, 5.41) is 5.24. The van der Waals surface area contributed by atoms with E-state index in [0.717, 1.165) is 27.4 Å². The molecule has 0 unspecified atom stereocenters. The summed E-state index contributed by atoms with van der Waals surface area (Å²) in [7, 11) is 0. The molecule has 0 radical (unpaired) electrons. The highest BCUT2D eigenvalue weighted by molar-refractivity contribution is 9.10. The largest absolute Gasteiger partial charge is 0.326 e. The second-order valence-electron chi connectivity index (χ2n) is 5.19. The molecule has 0 bridgehead atoms. The Labute approximate surface area is 122 Å². The van der Waals surface area contributed by atoms with E-state index in [1.165, 1.54) is 0 Å². The first kappa shape index (κ1) is 14.1. The average Bonchev–Trinajstić information content (AvgIpc) is 2.36. The normalized spacial score (nSPS) is 10.9. The number of benzene rings is 2. The fourth-order valence-corrected chi connectivity index (χ4v) is 2.32. The lowest BCUT2D eigenvalue weighted by Gasteiger charge is -2.08. The zero-order valence-electron chi connectivity index (χ0n) is 11.2. The van der Waals surface area contributed by atoms with Gasteiger partial charge in [0.2, 0.25) is 5.91 Å².